The van der Waals surface area contributed by atoms with Gasteiger partial charge in [-0.2, -0.15) is 0 Å². The van der Waals surface area contributed by atoms with E-state index in [1.807, 2.05) is 0 Å². The van der Waals surface area contributed by atoms with E-state index in [2.05, 4.69) is 51.1 Å². The van der Waals surface area contributed by atoms with Gasteiger partial charge in [0.05, 0.1) is 0 Å². The summed E-state index contributed by atoms with van der Waals surface area (Å²) in [7, 11) is 0. The molecule has 0 radical (unpaired) electrons. The van der Waals surface area contributed by atoms with Crippen molar-refractivity contribution in [3.8, 4) is 0 Å². The molecular formula is C12H19Sb. The summed E-state index contributed by atoms with van der Waals surface area (Å²) >= 11 is -0.944. The van der Waals surface area contributed by atoms with Crippen LogP contribution in [0.2, 0.25) is 8.73 Å². The van der Waals surface area contributed by atoms with Crippen molar-refractivity contribution in [3.63, 3.8) is 0 Å². The zero-order valence-electron chi connectivity index (χ0n) is 8.83. The Morgan fingerprint density at radius 2 is 1.62 bits per heavy atom. The van der Waals surface area contributed by atoms with Gasteiger partial charge in [-0.15, -0.1) is 0 Å². The fraction of sp³-hybridized carbons (Fsp3) is 0.500. The summed E-state index contributed by atoms with van der Waals surface area (Å²) in [5.41, 5.74) is 1.56. The van der Waals surface area contributed by atoms with Gasteiger partial charge in [-0.3, -0.25) is 0 Å². The molecule has 1 unspecified atom stereocenters. The Bertz CT molecular complexity index is 226. The van der Waals surface area contributed by atoms with Gasteiger partial charge in [-0.25, -0.2) is 0 Å². The second-order valence-corrected chi connectivity index (χ2v) is 12.5. The van der Waals surface area contributed by atoms with E-state index in [0.29, 0.717) is 0 Å². The van der Waals surface area contributed by atoms with E-state index < -0.39 is 20.2 Å². The number of hydrogen-bond donors (Lipinski definition) is 0. The monoisotopic (exact) mass is 284 g/mol. The topological polar surface area (TPSA) is 0 Å². The van der Waals surface area contributed by atoms with E-state index in [4.69, 9.17) is 0 Å². The first-order chi connectivity index (χ1) is 6.29. The van der Waals surface area contributed by atoms with Gasteiger partial charge in [0, 0.05) is 0 Å². The van der Waals surface area contributed by atoms with E-state index in [0.717, 1.165) is 3.86 Å². The van der Waals surface area contributed by atoms with E-state index in [1.54, 1.807) is 5.56 Å². The number of hydrogen-bond acceptors (Lipinski definition) is 0. The van der Waals surface area contributed by atoms with Crippen LogP contribution in [0.3, 0.4) is 0 Å². The summed E-state index contributed by atoms with van der Waals surface area (Å²) < 4.78 is 3.82. The number of benzene rings is 1. The number of rotatable bonds is 4. The predicted molar refractivity (Wildman–Crippen MR) is 61.6 cm³/mol. The molecule has 0 heterocycles. The molecule has 13 heavy (non-hydrogen) atoms. The van der Waals surface area contributed by atoms with Crippen molar-refractivity contribution in [2.45, 2.75) is 33.4 Å². The van der Waals surface area contributed by atoms with Crippen LogP contribution < -0.4 is 0 Å². The molecule has 0 fully saturated rings. The summed E-state index contributed by atoms with van der Waals surface area (Å²) in [4.78, 5) is 0. The molecule has 1 rings (SSSR count). The average molecular weight is 285 g/mol. The molecule has 0 aliphatic carbocycles. The van der Waals surface area contributed by atoms with E-state index in [1.165, 1.54) is 8.73 Å². The molecule has 0 nitrogen and oxygen atoms in total. The van der Waals surface area contributed by atoms with Crippen LogP contribution in [0.1, 0.15) is 30.2 Å². The third-order valence-corrected chi connectivity index (χ3v) is 11.3. The van der Waals surface area contributed by atoms with Crippen LogP contribution in [-0.2, 0) is 0 Å². The molecule has 1 aromatic carbocycles. The quantitative estimate of drug-likeness (QED) is 0.737. The molecule has 0 spiro atoms. The van der Waals surface area contributed by atoms with Crippen LogP contribution in [-0.4, -0.2) is 20.2 Å². The normalized spacial score (nSPS) is 13.2. The molecule has 0 amide bonds. The van der Waals surface area contributed by atoms with Gasteiger partial charge in [0.25, 0.3) is 0 Å². The molecule has 0 saturated carbocycles. The molecule has 0 aliphatic heterocycles. The molecule has 1 atom stereocenters. The second-order valence-electron chi connectivity index (χ2n) is 3.31. The van der Waals surface area contributed by atoms with Gasteiger partial charge >= 0.3 is 89.5 Å². The van der Waals surface area contributed by atoms with Gasteiger partial charge in [0.15, 0.2) is 0 Å². The van der Waals surface area contributed by atoms with Crippen molar-refractivity contribution in [1.29, 1.82) is 0 Å². The van der Waals surface area contributed by atoms with Crippen molar-refractivity contribution in [1.82, 2.24) is 0 Å². The fourth-order valence-corrected chi connectivity index (χ4v) is 7.81. The summed E-state index contributed by atoms with van der Waals surface area (Å²) in [5, 5.41) is 0. The fourth-order valence-electron chi connectivity index (χ4n) is 1.71. The van der Waals surface area contributed by atoms with Crippen LogP contribution in [0.15, 0.2) is 30.3 Å². The molecule has 0 bridgehead atoms. The Hall–Kier alpha value is 0.0382. The van der Waals surface area contributed by atoms with Gasteiger partial charge < -0.3 is 0 Å². The third-order valence-electron chi connectivity index (χ3n) is 2.64. The Labute approximate surface area is 89.3 Å². The molecule has 1 aromatic rings. The minimum absolute atomic E-state index is 0.888. The van der Waals surface area contributed by atoms with Crippen LogP contribution in [0.25, 0.3) is 0 Å². The molecule has 0 aromatic heterocycles. The van der Waals surface area contributed by atoms with Crippen molar-refractivity contribution < 1.29 is 0 Å². The summed E-state index contributed by atoms with van der Waals surface area (Å²) in [6.45, 7) is 7.16. The summed E-state index contributed by atoms with van der Waals surface area (Å²) in [6.07, 6.45) is 0. The molecule has 0 N–H and O–H groups in total. The molecule has 0 aliphatic rings. The van der Waals surface area contributed by atoms with Crippen molar-refractivity contribution >= 4 is 20.2 Å². The van der Waals surface area contributed by atoms with Crippen LogP contribution in [0, 0.1) is 0 Å². The van der Waals surface area contributed by atoms with E-state index >= 15 is 0 Å². The summed E-state index contributed by atoms with van der Waals surface area (Å²) in [6, 6.07) is 11.0. The van der Waals surface area contributed by atoms with Crippen molar-refractivity contribution in [2.24, 2.45) is 0 Å². The van der Waals surface area contributed by atoms with Crippen molar-refractivity contribution in [2.75, 3.05) is 0 Å². The van der Waals surface area contributed by atoms with Crippen LogP contribution in [0.5, 0.6) is 0 Å². The van der Waals surface area contributed by atoms with Gasteiger partial charge in [-0.1, -0.05) is 0 Å². The van der Waals surface area contributed by atoms with Gasteiger partial charge in [0.1, 0.15) is 0 Å². The zero-order chi connectivity index (χ0) is 9.68. The third kappa shape index (κ3) is 3.02. The first kappa shape index (κ1) is 11.1. The Kier molecular flexibility index (Phi) is 4.88. The summed E-state index contributed by atoms with van der Waals surface area (Å²) in [5.74, 6) is 0. The first-order valence-corrected chi connectivity index (χ1v) is 10.2. The maximum atomic E-state index is 2.42. The van der Waals surface area contributed by atoms with Gasteiger partial charge in [0.2, 0.25) is 0 Å². The molecule has 0 saturated heterocycles. The van der Waals surface area contributed by atoms with Crippen LogP contribution in [0.4, 0.5) is 0 Å². The molecule has 1 heteroatoms. The molecule has 72 valence electrons. The van der Waals surface area contributed by atoms with Crippen molar-refractivity contribution in [3.05, 3.63) is 35.9 Å². The van der Waals surface area contributed by atoms with E-state index in [-0.39, 0.29) is 0 Å². The predicted octanol–water partition coefficient (Wildman–Crippen LogP) is 3.86. The average Bonchev–Trinajstić information content (AvgIpc) is 2.21. The zero-order valence-corrected chi connectivity index (χ0v) is 11.4. The standard InChI is InChI=1S/C8H9.2C2H5.Sb/c1-2-8-6-4-3-5-7-8;2*1-2;/h2-7H,1H3;2*1H2,2H3;. The minimum atomic E-state index is -0.944. The van der Waals surface area contributed by atoms with Gasteiger partial charge in [-0.05, 0) is 0 Å². The molecular weight excluding hydrogens is 266 g/mol. The Balaban J connectivity index is 2.72. The van der Waals surface area contributed by atoms with E-state index in [9.17, 15) is 0 Å². The Morgan fingerprint density at radius 1 is 1.08 bits per heavy atom. The Morgan fingerprint density at radius 3 is 2.08 bits per heavy atom. The maximum absolute atomic E-state index is 2.42. The second kappa shape index (κ2) is 5.70. The van der Waals surface area contributed by atoms with Crippen LogP contribution >= 0.6 is 0 Å². The SMILES string of the molecule is C[CH2][Sb]([CH2]C)[CH](C)c1ccccc1. The first-order valence-electron chi connectivity index (χ1n) is 5.08.